The molecule has 0 aromatic carbocycles. The van der Waals surface area contributed by atoms with Crippen molar-refractivity contribution in [3.8, 4) is 0 Å². The summed E-state index contributed by atoms with van der Waals surface area (Å²) >= 11 is 0. The van der Waals surface area contributed by atoms with Crippen molar-refractivity contribution in [1.82, 2.24) is 0 Å². The maximum Gasteiger partial charge on any atom is 0.338 e. The molecule has 0 bridgehead atoms. The third-order valence-corrected chi connectivity index (χ3v) is 2.00. The van der Waals surface area contributed by atoms with Gasteiger partial charge in [-0.2, -0.15) is 0 Å². The van der Waals surface area contributed by atoms with Crippen LogP contribution in [0.1, 0.15) is 20.8 Å². The minimum absolute atomic E-state index is 0.0562. The molecule has 5 nitrogen and oxygen atoms in total. The summed E-state index contributed by atoms with van der Waals surface area (Å²) < 4.78 is 9.99. The van der Waals surface area contributed by atoms with Crippen molar-refractivity contribution < 1.29 is 24.5 Å². The normalized spacial score (nSPS) is 19.8. The number of hydrogen-bond acceptors (Lipinski definition) is 4. The quantitative estimate of drug-likeness (QED) is 0.652. The Kier molecular flexibility index (Phi) is 5.04. The first-order valence-electron chi connectivity index (χ1n) is 4.41. The third-order valence-electron chi connectivity index (χ3n) is 2.00. The van der Waals surface area contributed by atoms with Gasteiger partial charge in [0.1, 0.15) is 0 Å². The van der Waals surface area contributed by atoms with Gasteiger partial charge in [0.15, 0.2) is 5.60 Å². The van der Waals surface area contributed by atoms with E-state index in [1.165, 1.54) is 14.0 Å². The van der Waals surface area contributed by atoms with Crippen LogP contribution in [0, 0.1) is 0 Å². The van der Waals surface area contributed by atoms with Crippen LogP contribution in [0.4, 0.5) is 0 Å². The summed E-state index contributed by atoms with van der Waals surface area (Å²) in [6.45, 7) is 4.51. The van der Waals surface area contributed by atoms with Gasteiger partial charge < -0.3 is 19.7 Å². The number of aliphatic hydroxyl groups is 1. The van der Waals surface area contributed by atoms with Crippen molar-refractivity contribution in [3.63, 3.8) is 0 Å². The average Bonchev–Trinajstić information content (AvgIpc) is 2.03. The molecule has 0 aliphatic heterocycles. The van der Waals surface area contributed by atoms with E-state index in [0.29, 0.717) is 0 Å². The lowest BCUT2D eigenvalue weighted by Crippen LogP contribution is -2.47. The predicted octanol–water partition coefficient (Wildman–Crippen LogP) is 0.262. The van der Waals surface area contributed by atoms with Gasteiger partial charge in [-0.15, -0.1) is 0 Å². The van der Waals surface area contributed by atoms with Crippen LogP contribution in [0.5, 0.6) is 0 Å². The van der Waals surface area contributed by atoms with Gasteiger partial charge in [0.05, 0.1) is 18.8 Å². The summed E-state index contributed by atoms with van der Waals surface area (Å²) in [5.74, 6) is -1.10. The minimum Gasteiger partial charge on any atom is -0.479 e. The van der Waals surface area contributed by atoms with E-state index in [4.69, 9.17) is 14.6 Å². The molecule has 0 amide bonds. The number of aliphatic hydroxyl groups excluding tert-OH is 1. The molecule has 0 aromatic heterocycles. The van der Waals surface area contributed by atoms with Crippen molar-refractivity contribution in [3.05, 3.63) is 0 Å². The van der Waals surface area contributed by atoms with E-state index >= 15 is 0 Å². The van der Waals surface area contributed by atoms with Crippen LogP contribution >= 0.6 is 0 Å². The zero-order chi connectivity index (χ0) is 11.4. The fraction of sp³-hybridized carbons (Fsp3) is 0.889. The molecular formula is C9H18O5. The van der Waals surface area contributed by atoms with E-state index in [1.807, 2.05) is 0 Å². The molecule has 0 rings (SSSR count). The van der Waals surface area contributed by atoms with E-state index in [1.54, 1.807) is 13.8 Å². The van der Waals surface area contributed by atoms with Crippen molar-refractivity contribution >= 4 is 5.97 Å². The first kappa shape index (κ1) is 13.4. The molecule has 0 radical (unpaired) electrons. The lowest BCUT2D eigenvalue weighted by atomic mass is 10.1. The first-order chi connectivity index (χ1) is 6.33. The Morgan fingerprint density at radius 3 is 2.29 bits per heavy atom. The summed E-state index contributed by atoms with van der Waals surface area (Å²) in [6, 6.07) is 0. The van der Waals surface area contributed by atoms with Gasteiger partial charge in [-0.05, 0) is 20.8 Å². The van der Waals surface area contributed by atoms with Gasteiger partial charge in [0.2, 0.25) is 0 Å². The number of carboxylic acid groups (broad SMARTS) is 1. The molecule has 0 aromatic rings. The summed E-state index contributed by atoms with van der Waals surface area (Å²) in [7, 11) is 1.40. The topological polar surface area (TPSA) is 76.0 Å². The van der Waals surface area contributed by atoms with E-state index in [9.17, 15) is 9.90 Å². The number of carboxylic acids is 1. The Bertz CT molecular complexity index is 192. The van der Waals surface area contributed by atoms with Crippen molar-refractivity contribution in [1.29, 1.82) is 0 Å². The fourth-order valence-electron chi connectivity index (χ4n) is 0.930. The highest BCUT2D eigenvalue weighted by Crippen LogP contribution is 2.15. The highest BCUT2D eigenvalue weighted by molar-refractivity contribution is 5.77. The van der Waals surface area contributed by atoms with Gasteiger partial charge in [-0.1, -0.05) is 0 Å². The van der Waals surface area contributed by atoms with Crippen molar-refractivity contribution in [2.45, 2.75) is 38.6 Å². The number of carbonyl (C=O) groups is 1. The molecule has 14 heavy (non-hydrogen) atoms. The zero-order valence-corrected chi connectivity index (χ0v) is 8.98. The number of rotatable bonds is 6. The van der Waals surface area contributed by atoms with Crippen LogP contribution < -0.4 is 0 Å². The molecule has 0 aliphatic carbocycles. The molecule has 3 atom stereocenters. The second kappa shape index (κ2) is 5.29. The monoisotopic (exact) mass is 206 g/mol. The van der Waals surface area contributed by atoms with E-state index in [2.05, 4.69) is 0 Å². The van der Waals surface area contributed by atoms with Crippen molar-refractivity contribution in [2.75, 3.05) is 13.7 Å². The summed E-state index contributed by atoms with van der Waals surface area (Å²) in [5.41, 5.74) is -1.41. The second-order valence-corrected chi connectivity index (χ2v) is 3.53. The Morgan fingerprint density at radius 1 is 1.50 bits per heavy atom. The van der Waals surface area contributed by atoms with Crippen LogP contribution in [0.2, 0.25) is 0 Å². The third kappa shape index (κ3) is 3.61. The van der Waals surface area contributed by atoms with Crippen LogP contribution in [0.25, 0.3) is 0 Å². The lowest BCUT2D eigenvalue weighted by Gasteiger charge is -2.29. The Hall–Kier alpha value is -0.650. The molecule has 5 heteroatoms. The van der Waals surface area contributed by atoms with Gasteiger partial charge >= 0.3 is 5.97 Å². The smallest absolute Gasteiger partial charge is 0.338 e. The van der Waals surface area contributed by atoms with Crippen LogP contribution in [0.3, 0.4) is 0 Å². The average molecular weight is 206 g/mol. The standard InChI is InChI=1S/C9H18O5/c1-6(10)7(2)14-9(3,5-13-4)8(11)12/h6-7,10H,5H2,1-4H3,(H,11,12). The SMILES string of the molecule is COCC(C)(OC(C)C(C)O)C(=O)O. The molecule has 0 fully saturated rings. The molecule has 0 spiro atoms. The van der Waals surface area contributed by atoms with Crippen LogP contribution in [-0.4, -0.2) is 47.7 Å². The molecule has 0 heterocycles. The van der Waals surface area contributed by atoms with Gasteiger partial charge in [0, 0.05) is 7.11 Å². The lowest BCUT2D eigenvalue weighted by molar-refractivity contribution is -0.185. The molecule has 2 N–H and O–H groups in total. The summed E-state index contributed by atoms with van der Waals surface area (Å²) in [5, 5.41) is 18.1. The number of aliphatic carboxylic acids is 1. The molecule has 84 valence electrons. The Labute approximate surface area is 83.6 Å². The Balaban J connectivity index is 4.44. The number of hydrogen-bond donors (Lipinski definition) is 2. The minimum atomic E-state index is -1.41. The molecule has 0 aliphatic rings. The van der Waals surface area contributed by atoms with E-state index in [0.717, 1.165) is 0 Å². The maximum atomic E-state index is 10.9. The van der Waals surface area contributed by atoms with Crippen molar-refractivity contribution in [2.24, 2.45) is 0 Å². The van der Waals surface area contributed by atoms with Gasteiger partial charge in [-0.3, -0.25) is 0 Å². The number of ether oxygens (including phenoxy) is 2. The zero-order valence-electron chi connectivity index (χ0n) is 8.98. The van der Waals surface area contributed by atoms with E-state index in [-0.39, 0.29) is 6.61 Å². The van der Waals surface area contributed by atoms with Gasteiger partial charge in [0.25, 0.3) is 0 Å². The van der Waals surface area contributed by atoms with Gasteiger partial charge in [-0.25, -0.2) is 4.79 Å². The summed E-state index contributed by atoms with van der Waals surface area (Å²) in [4.78, 5) is 10.9. The highest BCUT2D eigenvalue weighted by atomic mass is 16.6. The second-order valence-electron chi connectivity index (χ2n) is 3.53. The number of methoxy groups -OCH3 is 1. The maximum absolute atomic E-state index is 10.9. The van der Waals surface area contributed by atoms with E-state index < -0.39 is 23.8 Å². The Morgan fingerprint density at radius 2 is 2.00 bits per heavy atom. The van der Waals surface area contributed by atoms with Crippen LogP contribution in [-0.2, 0) is 14.3 Å². The molecule has 0 saturated heterocycles. The largest absolute Gasteiger partial charge is 0.479 e. The first-order valence-corrected chi connectivity index (χ1v) is 4.41. The predicted molar refractivity (Wildman–Crippen MR) is 50.1 cm³/mol. The molecule has 3 unspecified atom stereocenters. The molecule has 0 saturated carbocycles. The summed E-state index contributed by atoms with van der Waals surface area (Å²) in [6.07, 6.45) is -1.27. The molecular weight excluding hydrogens is 188 g/mol. The fourth-order valence-corrected chi connectivity index (χ4v) is 0.930. The van der Waals surface area contributed by atoms with Crippen LogP contribution in [0.15, 0.2) is 0 Å². The highest BCUT2D eigenvalue weighted by Gasteiger charge is 2.37.